The number of carbonyl (C=O) groups is 1. The van der Waals surface area contributed by atoms with E-state index in [0.29, 0.717) is 19.0 Å². The summed E-state index contributed by atoms with van der Waals surface area (Å²) < 4.78 is 5.33. The lowest BCUT2D eigenvalue weighted by molar-refractivity contribution is -0.137. The molecule has 29 heavy (non-hydrogen) atoms. The van der Waals surface area contributed by atoms with Crippen LogP contribution in [0.25, 0.3) is 0 Å². The summed E-state index contributed by atoms with van der Waals surface area (Å²) in [7, 11) is 1.67. The normalized spacial score (nSPS) is 20.6. The molecular weight excluding hydrogens is 364 g/mol. The third kappa shape index (κ3) is 4.58. The smallest absolute Gasteiger partial charge is 0.226 e. The zero-order valence-electron chi connectivity index (χ0n) is 16.9. The van der Waals surface area contributed by atoms with Crippen molar-refractivity contribution in [2.45, 2.75) is 25.8 Å². The number of anilines is 1. The van der Waals surface area contributed by atoms with Crippen molar-refractivity contribution in [2.24, 2.45) is 11.8 Å². The van der Waals surface area contributed by atoms with E-state index in [0.717, 1.165) is 49.6 Å². The minimum atomic E-state index is 0.0539. The van der Waals surface area contributed by atoms with E-state index in [1.165, 1.54) is 0 Å². The Labute approximate surface area is 172 Å². The molecule has 6 heteroatoms. The molecule has 1 saturated heterocycles. The first-order chi connectivity index (χ1) is 14.2. The third-order valence-electron chi connectivity index (χ3n) is 5.96. The molecule has 2 aliphatic heterocycles. The summed E-state index contributed by atoms with van der Waals surface area (Å²) in [6, 6.07) is 9.81. The number of benzene rings is 1. The number of aromatic nitrogens is 2. The fraction of sp³-hybridized carbons (Fsp3) is 0.435. The highest BCUT2D eigenvalue weighted by atomic mass is 16.5. The van der Waals surface area contributed by atoms with Crippen LogP contribution >= 0.6 is 0 Å². The zero-order chi connectivity index (χ0) is 20.1. The van der Waals surface area contributed by atoms with Crippen LogP contribution in [0.3, 0.4) is 0 Å². The van der Waals surface area contributed by atoms with Crippen molar-refractivity contribution in [3.8, 4) is 5.75 Å². The zero-order valence-corrected chi connectivity index (χ0v) is 16.9. The minimum Gasteiger partial charge on any atom is -0.497 e. The minimum absolute atomic E-state index is 0.0539. The van der Waals surface area contributed by atoms with Gasteiger partial charge in [0.25, 0.3) is 0 Å². The van der Waals surface area contributed by atoms with Crippen LogP contribution in [0, 0.1) is 11.8 Å². The molecule has 2 aliphatic rings. The van der Waals surface area contributed by atoms with Crippen molar-refractivity contribution >= 4 is 11.9 Å². The summed E-state index contributed by atoms with van der Waals surface area (Å²) in [5.74, 6) is 2.34. The molecule has 1 fully saturated rings. The van der Waals surface area contributed by atoms with Gasteiger partial charge in [-0.15, -0.1) is 0 Å². The van der Waals surface area contributed by atoms with Crippen molar-refractivity contribution in [1.29, 1.82) is 0 Å². The predicted octanol–water partition coefficient (Wildman–Crippen LogP) is 3.31. The molecule has 152 valence electrons. The maximum absolute atomic E-state index is 13.4. The molecule has 0 unspecified atom stereocenters. The molecule has 0 N–H and O–H groups in total. The third-order valence-corrected chi connectivity index (χ3v) is 5.96. The lowest BCUT2D eigenvalue weighted by atomic mass is 9.81. The van der Waals surface area contributed by atoms with E-state index in [2.05, 4.69) is 33.1 Å². The number of rotatable bonds is 5. The lowest BCUT2D eigenvalue weighted by Crippen LogP contribution is -2.42. The number of amides is 1. The molecule has 4 rings (SSSR count). The Morgan fingerprint density at radius 3 is 2.66 bits per heavy atom. The van der Waals surface area contributed by atoms with Crippen LogP contribution in [0.4, 0.5) is 5.95 Å². The lowest BCUT2D eigenvalue weighted by Gasteiger charge is -2.36. The van der Waals surface area contributed by atoms with Crippen molar-refractivity contribution in [1.82, 2.24) is 14.9 Å². The first-order valence-corrected chi connectivity index (χ1v) is 10.3. The molecule has 6 nitrogen and oxygen atoms in total. The standard InChI is InChI=1S/C23H28N4O2/c1-29-20-7-4-6-18(16-20)17-27-13-3-2-8-21(22(27)28)19-9-14-26(15-10-19)23-24-11-5-12-25-23/h2-7,11-12,16,19,21H,8-10,13-15,17H2,1H3/t21-/m0/s1. The first-order valence-electron chi connectivity index (χ1n) is 10.3. The Hall–Kier alpha value is -2.89. The van der Waals surface area contributed by atoms with Crippen LogP contribution in [-0.2, 0) is 11.3 Å². The Kier molecular flexibility index (Phi) is 6.08. The molecule has 0 bridgehead atoms. The van der Waals surface area contributed by atoms with E-state index in [-0.39, 0.29) is 11.8 Å². The Balaban J connectivity index is 1.41. The number of piperidine rings is 1. The molecule has 1 atom stereocenters. The first kappa shape index (κ1) is 19.4. The fourth-order valence-corrected chi connectivity index (χ4v) is 4.35. The van der Waals surface area contributed by atoms with Crippen molar-refractivity contribution in [3.63, 3.8) is 0 Å². The Morgan fingerprint density at radius 1 is 1.10 bits per heavy atom. The second-order valence-corrected chi connectivity index (χ2v) is 7.76. The molecule has 1 aromatic heterocycles. The molecule has 1 aromatic carbocycles. The van der Waals surface area contributed by atoms with Gasteiger partial charge in [-0.25, -0.2) is 9.97 Å². The largest absolute Gasteiger partial charge is 0.497 e. The number of nitrogens with zero attached hydrogens (tertiary/aromatic N) is 4. The molecule has 1 amide bonds. The van der Waals surface area contributed by atoms with Gasteiger partial charge in [0, 0.05) is 44.5 Å². The monoisotopic (exact) mass is 392 g/mol. The molecule has 0 aliphatic carbocycles. The second-order valence-electron chi connectivity index (χ2n) is 7.76. The quantitative estimate of drug-likeness (QED) is 0.731. The SMILES string of the molecule is COc1cccc(CN2CC=CC[C@@H](C3CCN(c4ncccn4)CC3)C2=O)c1. The maximum atomic E-state index is 13.4. The van der Waals surface area contributed by atoms with E-state index in [9.17, 15) is 4.79 Å². The van der Waals surface area contributed by atoms with Gasteiger partial charge < -0.3 is 14.5 Å². The number of hydrogen-bond donors (Lipinski definition) is 0. The highest BCUT2D eigenvalue weighted by molar-refractivity contribution is 5.80. The topological polar surface area (TPSA) is 58.6 Å². The fourth-order valence-electron chi connectivity index (χ4n) is 4.35. The van der Waals surface area contributed by atoms with E-state index in [4.69, 9.17) is 4.74 Å². The van der Waals surface area contributed by atoms with Gasteiger partial charge in [-0.05, 0) is 48.9 Å². The van der Waals surface area contributed by atoms with E-state index in [1.54, 1.807) is 19.5 Å². The molecule has 0 spiro atoms. The molecule has 0 radical (unpaired) electrons. The Bertz CT molecular complexity index is 847. The van der Waals surface area contributed by atoms with E-state index in [1.807, 2.05) is 29.2 Å². The second kappa shape index (κ2) is 9.07. The van der Waals surface area contributed by atoms with E-state index >= 15 is 0 Å². The molecule has 3 heterocycles. The van der Waals surface area contributed by atoms with Gasteiger partial charge in [-0.1, -0.05) is 24.3 Å². The van der Waals surface area contributed by atoms with Crippen molar-refractivity contribution in [3.05, 3.63) is 60.4 Å². The maximum Gasteiger partial charge on any atom is 0.226 e. The van der Waals surface area contributed by atoms with Crippen molar-refractivity contribution < 1.29 is 9.53 Å². The molecule has 0 saturated carbocycles. The summed E-state index contributed by atoms with van der Waals surface area (Å²) >= 11 is 0. The van der Waals surface area contributed by atoms with Gasteiger partial charge >= 0.3 is 0 Å². The van der Waals surface area contributed by atoms with Crippen LogP contribution in [0.15, 0.2) is 54.9 Å². The summed E-state index contributed by atoms with van der Waals surface area (Å²) in [6.07, 6.45) is 10.7. The van der Waals surface area contributed by atoms with Gasteiger partial charge in [0.1, 0.15) is 5.75 Å². The summed E-state index contributed by atoms with van der Waals surface area (Å²) in [5, 5.41) is 0. The number of methoxy groups -OCH3 is 1. The van der Waals surface area contributed by atoms with Gasteiger partial charge in [-0.3, -0.25) is 4.79 Å². The highest BCUT2D eigenvalue weighted by Gasteiger charge is 2.34. The van der Waals surface area contributed by atoms with Crippen LogP contribution < -0.4 is 9.64 Å². The van der Waals surface area contributed by atoms with Crippen LogP contribution in [0.2, 0.25) is 0 Å². The van der Waals surface area contributed by atoms with Crippen molar-refractivity contribution in [2.75, 3.05) is 31.6 Å². The summed E-state index contributed by atoms with van der Waals surface area (Å²) in [6.45, 7) is 3.09. The number of hydrogen-bond acceptors (Lipinski definition) is 5. The van der Waals surface area contributed by atoms with Gasteiger partial charge in [-0.2, -0.15) is 0 Å². The summed E-state index contributed by atoms with van der Waals surface area (Å²) in [5.41, 5.74) is 1.10. The average molecular weight is 393 g/mol. The van der Waals surface area contributed by atoms with Gasteiger partial charge in [0.05, 0.1) is 7.11 Å². The van der Waals surface area contributed by atoms with E-state index < -0.39 is 0 Å². The van der Waals surface area contributed by atoms with Crippen LogP contribution in [-0.4, -0.2) is 47.5 Å². The summed E-state index contributed by atoms with van der Waals surface area (Å²) in [4.78, 5) is 26.3. The van der Waals surface area contributed by atoms with Gasteiger partial charge in [0.15, 0.2) is 0 Å². The van der Waals surface area contributed by atoms with Crippen LogP contribution in [0.1, 0.15) is 24.8 Å². The number of allylic oxidation sites excluding steroid dienone is 1. The van der Waals surface area contributed by atoms with Crippen LogP contribution in [0.5, 0.6) is 5.75 Å². The Morgan fingerprint density at radius 2 is 1.90 bits per heavy atom. The average Bonchev–Trinajstić information content (AvgIpc) is 2.96. The van der Waals surface area contributed by atoms with Gasteiger partial charge in [0.2, 0.25) is 11.9 Å². The molecular formula is C23H28N4O2. The highest BCUT2D eigenvalue weighted by Crippen LogP contribution is 2.32. The predicted molar refractivity (Wildman–Crippen MR) is 113 cm³/mol. The number of ether oxygens (including phenoxy) is 1. The number of carbonyl (C=O) groups excluding carboxylic acids is 1. The molecule has 2 aromatic rings.